The number of fused-ring (bicyclic) bond motifs is 1. The number of carbonyl (C=O) groups is 1. The Balaban J connectivity index is 1.67. The third-order valence-corrected chi connectivity index (χ3v) is 5.69. The molecule has 2 atom stereocenters. The molecule has 0 fully saturated rings. The van der Waals surface area contributed by atoms with E-state index < -0.39 is 11.6 Å². The number of hydrazine groups is 1. The number of aliphatic hydroxyl groups is 1. The van der Waals surface area contributed by atoms with Gasteiger partial charge in [0.25, 0.3) is 5.91 Å². The van der Waals surface area contributed by atoms with Gasteiger partial charge in [-0.15, -0.1) is 0 Å². The number of hydrogen-bond acceptors (Lipinski definition) is 7. The summed E-state index contributed by atoms with van der Waals surface area (Å²) >= 11 is 6.25. The summed E-state index contributed by atoms with van der Waals surface area (Å²) < 4.78 is 7.06. The van der Waals surface area contributed by atoms with Crippen molar-refractivity contribution in [2.24, 2.45) is 0 Å². The number of nitrogens with one attached hydrogen (secondary N) is 2. The van der Waals surface area contributed by atoms with Gasteiger partial charge >= 0.3 is 0 Å². The molecule has 1 amide bonds. The Bertz CT molecular complexity index is 1180. The zero-order valence-electron chi connectivity index (χ0n) is 18.0. The van der Waals surface area contributed by atoms with Gasteiger partial charge in [0.05, 0.1) is 37.2 Å². The van der Waals surface area contributed by atoms with Crippen molar-refractivity contribution in [3.63, 3.8) is 0 Å². The first-order valence-electron chi connectivity index (χ1n) is 10.2. The predicted molar refractivity (Wildman–Crippen MR) is 120 cm³/mol. The van der Waals surface area contributed by atoms with E-state index in [-0.39, 0.29) is 5.91 Å². The van der Waals surface area contributed by atoms with Crippen molar-refractivity contribution in [2.75, 3.05) is 13.7 Å². The van der Waals surface area contributed by atoms with Crippen LogP contribution < -0.4 is 15.5 Å². The van der Waals surface area contributed by atoms with Crippen molar-refractivity contribution in [2.45, 2.75) is 31.9 Å². The fourth-order valence-corrected chi connectivity index (χ4v) is 3.72. The van der Waals surface area contributed by atoms with Crippen LogP contribution in [0.25, 0.3) is 5.65 Å². The standard InChI is InChI=1S/C22H25ClN6O3/c1-4-22(2,31)13-28-12-17(19(27-28)15-10-14(23)6-7-18(15)32-3)26-21(30)16-11-25-29-9-5-8-24-20(16)29/h5-12,19,27,31H,4,13H2,1-3H3,(H,26,30)/t19?,22-/m0/s1. The van der Waals surface area contributed by atoms with Crippen molar-refractivity contribution in [1.82, 2.24) is 30.3 Å². The number of ether oxygens (including phenoxy) is 1. The minimum absolute atomic E-state index is 0.320. The van der Waals surface area contributed by atoms with Crippen molar-refractivity contribution in [3.8, 4) is 5.75 Å². The maximum Gasteiger partial charge on any atom is 0.261 e. The first-order valence-corrected chi connectivity index (χ1v) is 10.6. The van der Waals surface area contributed by atoms with E-state index in [0.717, 1.165) is 5.56 Å². The number of hydrogen-bond donors (Lipinski definition) is 3. The molecule has 3 heterocycles. The Morgan fingerprint density at radius 2 is 2.25 bits per heavy atom. The Morgan fingerprint density at radius 3 is 3.00 bits per heavy atom. The van der Waals surface area contributed by atoms with Gasteiger partial charge in [-0.05, 0) is 37.6 Å². The average Bonchev–Trinajstić information content (AvgIpc) is 3.37. The number of β-amino-alcohol motifs (C(OH)–C–C–N with tert-alkyl or cyclic N) is 1. The largest absolute Gasteiger partial charge is 0.496 e. The molecule has 0 radical (unpaired) electrons. The quantitative estimate of drug-likeness (QED) is 0.502. The van der Waals surface area contributed by atoms with Crippen LogP contribution >= 0.6 is 11.6 Å². The molecule has 1 unspecified atom stereocenters. The van der Waals surface area contributed by atoms with Crippen molar-refractivity contribution < 1.29 is 14.6 Å². The van der Waals surface area contributed by atoms with Crippen LogP contribution in [-0.2, 0) is 0 Å². The number of carbonyl (C=O) groups excluding carboxylic acids is 1. The van der Waals surface area contributed by atoms with Gasteiger partial charge < -0.3 is 20.2 Å². The maximum absolute atomic E-state index is 13.1. The molecule has 168 valence electrons. The maximum atomic E-state index is 13.1. The molecule has 3 aromatic rings. The van der Waals surface area contributed by atoms with Crippen molar-refractivity contribution >= 4 is 23.2 Å². The fraction of sp³-hybridized carbons (Fsp3) is 0.318. The summed E-state index contributed by atoms with van der Waals surface area (Å²) in [5.74, 6) is 0.274. The van der Waals surface area contributed by atoms with E-state index in [2.05, 4.69) is 20.8 Å². The Labute approximate surface area is 190 Å². The summed E-state index contributed by atoms with van der Waals surface area (Å²) in [7, 11) is 1.58. The Kier molecular flexibility index (Phi) is 6.05. The Hall–Kier alpha value is -3.14. The van der Waals surface area contributed by atoms with E-state index in [9.17, 15) is 9.90 Å². The monoisotopic (exact) mass is 456 g/mol. The highest BCUT2D eigenvalue weighted by Gasteiger charge is 2.33. The first-order chi connectivity index (χ1) is 15.3. The molecule has 0 spiro atoms. The zero-order chi connectivity index (χ0) is 22.9. The van der Waals surface area contributed by atoms with Crippen LogP contribution in [0, 0.1) is 0 Å². The minimum Gasteiger partial charge on any atom is -0.496 e. The summed E-state index contributed by atoms with van der Waals surface area (Å²) in [6.45, 7) is 4.00. The van der Waals surface area contributed by atoms with E-state index in [1.165, 1.54) is 6.20 Å². The molecule has 1 aromatic carbocycles. The number of aromatic nitrogens is 3. The number of benzene rings is 1. The van der Waals surface area contributed by atoms with Crippen LogP contribution in [0.5, 0.6) is 5.75 Å². The van der Waals surface area contributed by atoms with Gasteiger partial charge in [0.2, 0.25) is 0 Å². The van der Waals surface area contributed by atoms with Crippen LogP contribution in [0.2, 0.25) is 5.02 Å². The van der Waals surface area contributed by atoms with E-state index in [1.807, 2.05) is 6.92 Å². The van der Waals surface area contributed by atoms with E-state index in [1.54, 1.807) is 66.4 Å². The lowest BCUT2D eigenvalue weighted by Crippen LogP contribution is -2.43. The van der Waals surface area contributed by atoms with Crippen LogP contribution in [0.3, 0.4) is 0 Å². The lowest BCUT2D eigenvalue weighted by atomic mass is 10.0. The third kappa shape index (κ3) is 4.40. The number of methoxy groups -OCH3 is 1. The molecule has 0 bridgehead atoms. The molecule has 2 aromatic heterocycles. The van der Waals surface area contributed by atoms with Gasteiger partial charge in [-0.25, -0.2) is 14.9 Å². The average molecular weight is 457 g/mol. The summed E-state index contributed by atoms with van der Waals surface area (Å²) in [5, 5.41) is 20.0. The topological polar surface area (TPSA) is 104 Å². The molecule has 3 N–H and O–H groups in total. The molecule has 1 aliphatic heterocycles. The third-order valence-electron chi connectivity index (χ3n) is 5.46. The fourth-order valence-electron chi connectivity index (χ4n) is 3.54. The second-order valence-electron chi connectivity index (χ2n) is 7.91. The van der Waals surface area contributed by atoms with Crippen molar-refractivity contribution in [3.05, 3.63) is 70.9 Å². The molecule has 4 rings (SSSR count). The van der Waals surface area contributed by atoms with Gasteiger partial charge in [0, 0.05) is 29.2 Å². The van der Waals surface area contributed by atoms with Gasteiger partial charge in [0.15, 0.2) is 5.65 Å². The van der Waals surface area contributed by atoms with Gasteiger partial charge in [-0.2, -0.15) is 5.10 Å². The lowest BCUT2D eigenvalue weighted by molar-refractivity contribution is 0.0177. The molecule has 1 aliphatic rings. The molecule has 0 saturated heterocycles. The van der Waals surface area contributed by atoms with Gasteiger partial charge in [-0.3, -0.25) is 4.79 Å². The summed E-state index contributed by atoms with van der Waals surface area (Å²) in [6, 6.07) is 6.60. The number of rotatable bonds is 7. The lowest BCUT2D eigenvalue weighted by Gasteiger charge is -2.29. The van der Waals surface area contributed by atoms with Gasteiger partial charge in [0.1, 0.15) is 11.3 Å². The SMILES string of the molecule is CC[C@](C)(O)CN1C=C(NC(=O)c2cnn3cccnc23)C(c2cc(Cl)ccc2OC)N1. The second-order valence-corrected chi connectivity index (χ2v) is 8.35. The number of nitrogens with zero attached hydrogens (tertiary/aromatic N) is 4. The highest BCUT2D eigenvalue weighted by molar-refractivity contribution is 6.30. The molecule has 9 nitrogen and oxygen atoms in total. The molecule has 32 heavy (non-hydrogen) atoms. The molecule has 0 saturated carbocycles. The summed E-state index contributed by atoms with van der Waals surface area (Å²) in [6.07, 6.45) is 7.16. The number of halogens is 1. The molecular formula is C22H25ClN6O3. The van der Waals surface area contributed by atoms with Crippen LogP contribution in [0.4, 0.5) is 0 Å². The second kappa shape index (κ2) is 8.78. The van der Waals surface area contributed by atoms with Gasteiger partial charge in [-0.1, -0.05) is 18.5 Å². The molecule has 0 aliphatic carbocycles. The van der Waals surface area contributed by atoms with E-state index in [0.29, 0.717) is 40.6 Å². The zero-order valence-corrected chi connectivity index (χ0v) is 18.8. The highest BCUT2D eigenvalue weighted by Crippen LogP contribution is 2.35. The normalized spacial score (nSPS) is 17.8. The minimum atomic E-state index is -0.918. The summed E-state index contributed by atoms with van der Waals surface area (Å²) in [4.78, 5) is 17.4. The smallest absolute Gasteiger partial charge is 0.261 e. The molecule has 10 heteroatoms. The van der Waals surface area contributed by atoms with Crippen molar-refractivity contribution in [1.29, 1.82) is 0 Å². The number of amides is 1. The molecular weight excluding hydrogens is 432 g/mol. The first kappa shape index (κ1) is 22.1. The van der Waals surface area contributed by atoms with Crippen LogP contribution in [0.15, 0.2) is 54.8 Å². The highest BCUT2D eigenvalue weighted by atomic mass is 35.5. The Morgan fingerprint density at radius 1 is 1.44 bits per heavy atom. The van der Waals surface area contributed by atoms with Crippen LogP contribution in [0.1, 0.15) is 42.2 Å². The predicted octanol–water partition coefficient (Wildman–Crippen LogP) is 2.68. The van der Waals surface area contributed by atoms with Crippen LogP contribution in [-0.4, -0.2) is 49.9 Å². The summed E-state index contributed by atoms with van der Waals surface area (Å²) in [5.41, 5.74) is 4.55. The van der Waals surface area contributed by atoms with E-state index in [4.69, 9.17) is 16.3 Å². The van der Waals surface area contributed by atoms with E-state index >= 15 is 0 Å².